The van der Waals surface area contributed by atoms with Crippen molar-refractivity contribution >= 4 is 15.7 Å². The van der Waals surface area contributed by atoms with E-state index in [2.05, 4.69) is 0 Å². The quantitative estimate of drug-likeness (QED) is 0.659. The largest absolute Gasteiger partial charge is 0.502 e. The Balaban J connectivity index is 2.38. The van der Waals surface area contributed by atoms with Crippen LogP contribution in [0.2, 0.25) is 0 Å². The van der Waals surface area contributed by atoms with E-state index in [1.807, 2.05) is 6.92 Å². The first kappa shape index (κ1) is 14.7. The highest BCUT2D eigenvalue weighted by atomic mass is 32.2. The summed E-state index contributed by atoms with van der Waals surface area (Å²) >= 11 is 0. The predicted octanol–water partition coefficient (Wildman–Crippen LogP) is 1.72. The van der Waals surface area contributed by atoms with Crippen molar-refractivity contribution in [2.75, 3.05) is 7.05 Å². The van der Waals surface area contributed by atoms with Gasteiger partial charge in [-0.15, -0.1) is 0 Å². The normalized spacial score (nSPS) is 17.1. The van der Waals surface area contributed by atoms with Gasteiger partial charge in [0.25, 0.3) is 0 Å². The average Bonchev–Trinajstić information content (AvgIpc) is 3.21. The van der Waals surface area contributed by atoms with Crippen LogP contribution in [0.3, 0.4) is 0 Å². The molecule has 0 heterocycles. The number of phenols is 1. The van der Waals surface area contributed by atoms with E-state index in [0.717, 1.165) is 25.0 Å². The molecule has 1 fully saturated rings. The summed E-state index contributed by atoms with van der Waals surface area (Å²) in [4.78, 5) is 9.77. The Labute approximate surface area is 117 Å². The molecule has 1 unspecified atom stereocenters. The van der Waals surface area contributed by atoms with Gasteiger partial charge in [0, 0.05) is 19.2 Å². The van der Waals surface area contributed by atoms with Crippen LogP contribution < -0.4 is 0 Å². The first-order valence-corrected chi connectivity index (χ1v) is 7.64. The predicted molar refractivity (Wildman–Crippen MR) is 71.9 cm³/mol. The van der Waals surface area contributed by atoms with Gasteiger partial charge in [-0.25, -0.2) is 8.42 Å². The third-order valence-corrected chi connectivity index (χ3v) is 5.64. The fourth-order valence-electron chi connectivity index (χ4n) is 2.07. The van der Waals surface area contributed by atoms with Crippen LogP contribution in [0, 0.1) is 16.0 Å². The zero-order valence-electron chi connectivity index (χ0n) is 11.2. The fraction of sp³-hybridized carbons (Fsp3) is 0.500. The fourth-order valence-corrected chi connectivity index (χ4v) is 3.51. The van der Waals surface area contributed by atoms with Crippen molar-refractivity contribution in [3.63, 3.8) is 0 Å². The number of nitro benzene ring substituents is 1. The minimum Gasteiger partial charge on any atom is -0.502 e. The monoisotopic (exact) mass is 300 g/mol. The van der Waals surface area contributed by atoms with Gasteiger partial charge in [-0.05, 0) is 37.8 Å². The molecule has 0 amide bonds. The van der Waals surface area contributed by atoms with Gasteiger partial charge < -0.3 is 5.11 Å². The molecule has 0 aliphatic heterocycles. The number of aromatic hydroxyl groups is 1. The minimum absolute atomic E-state index is 0.146. The second kappa shape index (κ2) is 5.02. The van der Waals surface area contributed by atoms with Crippen LogP contribution in [0.25, 0.3) is 0 Å². The van der Waals surface area contributed by atoms with Crippen molar-refractivity contribution in [2.24, 2.45) is 5.92 Å². The van der Waals surface area contributed by atoms with Gasteiger partial charge in [0.2, 0.25) is 10.0 Å². The molecule has 0 aromatic heterocycles. The van der Waals surface area contributed by atoms with Gasteiger partial charge in [0.05, 0.1) is 9.82 Å². The highest BCUT2D eigenvalue weighted by molar-refractivity contribution is 7.89. The Morgan fingerprint density at radius 3 is 2.55 bits per heavy atom. The van der Waals surface area contributed by atoms with Gasteiger partial charge in [0.1, 0.15) is 0 Å². The molecule has 0 saturated heterocycles. The molecule has 1 N–H and O–H groups in total. The van der Waals surface area contributed by atoms with Gasteiger partial charge in [-0.1, -0.05) is 0 Å². The van der Waals surface area contributed by atoms with Gasteiger partial charge in [0.15, 0.2) is 5.75 Å². The maximum absolute atomic E-state index is 12.4. The van der Waals surface area contributed by atoms with E-state index in [0.29, 0.717) is 5.92 Å². The molecule has 1 saturated carbocycles. The van der Waals surface area contributed by atoms with E-state index in [9.17, 15) is 23.6 Å². The molecule has 1 aliphatic rings. The van der Waals surface area contributed by atoms with E-state index >= 15 is 0 Å². The van der Waals surface area contributed by atoms with Crippen LogP contribution in [0.4, 0.5) is 5.69 Å². The lowest BCUT2D eigenvalue weighted by molar-refractivity contribution is -0.386. The van der Waals surface area contributed by atoms with Crippen LogP contribution >= 0.6 is 0 Å². The van der Waals surface area contributed by atoms with Gasteiger partial charge in [-0.3, -0.25) is 10.1 Å². The summed E-state index contributed by atoms with van der Waals surface area (Å²) in [6.45, 7) is 1.82. The summed E-state index contributed by atoms with van der Waals surface area (Å²) in [5.41, 5.74) is -0.612. The number of nitrogens with zero attached hydrogens (tertiary/aromatic N) is 2. The highest BCUT2D eigenvalue weighted by Crippen LogP contribution is 2.37. The molecule has 1 aliphatic carbocycles. The zero-order chi connectivity index (χ0) is 15.1. The third kappa shape index (κ3) is 2.61. The lowest BCUT2D eigenvalue weighted by Gasteiger charge is -2.24. The van der Waals surface area contributed by atoms with Crippen LogP contribution in [-0.4, -0.2) is 35.8 Å². The van der Waals surface area contributed by atoms with Crippen molar-refractivity contribution in [3.05, 3.63) is 28.3 Å². The number of benzene rings is 1. The Morgan fingerprint density at radius 2 is 2.05 bits per heavy atom. The Bertz CT molecular complexity index is 639. The average molecular weight is 300 g/mol. The smallest absolute Gasteiger partial charge is 0.312 e. The first-order chi connectivity index (χ1) is 9.25. The molecule has 1 aromatic rings. The molecular weight excluding hydrogens is 284 g/mol. The van der Waals surface area contributed by atoms with Crippen molar-refractivity contribution in [3.8, 4) is 5.75 Å². The molecule has 8 heteroatoms. The molecule has 20 heavy (non-hydrogen) atoms. The Morgan fingerprint density at radius 1 is 1.45 bits per heavy atom. The van der Waals surface area contributed by atoms with Crippen molar-refractivity contribution in [1.29, 1.82) is 0 Å². The topological polar surface area (TPSA) is 101 Å². The highest BCUT2D eigenvalue weighted by Gasteiger charge is 2.36. The van der Waals surface area contributed by atoms with Gasteiger partial charge in [-0.2, -0.15) is 4.31 Å². The minimum atomic E-state index is -3.80. The van der Waals surface area contributed by atoms with E-state index in [4.69, 9.17) is 0 Å². The zero-order valence-corrected chi connectivity index (χ0v) is 12.0. The molecule has 0 radical (unpaired) electrons. The molecular formula is C12H16N2O5S. The Kier molecular flexibility index (Phi) is 3.70. The van der Waals surface area contributed by atoms with E-state index in [-0.39, 0.29) is 10.9 Å². The molecule has 0 spiro atoms. The second-order valence-electron chi connectivity index (χ2n) is 5.01. The summed E-state index contributed by atoms with van der Waals surface area (Å²) in [5, 5.41) is 20.1. The number of phenolic OH excluding ortho intramolecular Hbond substituents is 1. The summed E-state index contributed by atoms with van der Waals surface area (Å²) in [7, 11) is -2.33. The third-order valence-electron chi connectivity index (χ3n) is 3.70. The SMILES string of the molecule is CC(C1CC1)N(C)S(=O)(=O)c1ccc(O)c([N+](=O)[O-])c1. The van der Waals surface area contributed by atoms with Gasteiger partial charge >= 0.3 is 5.69 Å². The van der Waals surface area contributed by atoms with Crippen molar-refractivity contribution < 1.29 is 18.4 Å². The molecule has 1 atom stereocenters. The maximum Gasteiger partial charge on any atom is 0.312 e. The van der Waals surface area contributed by atoms with Crippen LogP contribution in [0.5, 0.6) is 5.75 Å². The standard InChI is InChI=1S/C12H16N2O5S/c1-8(9-3-4-9)13(2)20(18,19)10-5-6-12(15)11(7-10)14(16)17/h5-9,15H,3-4H2,1-2H3. The summed E-state index contributed by atoms with van der Waals surface area (Å²) < 4.78 is 26.1. The number of sulfonamides is 1. The summed E-state index contributed by atoms with van der Waals surface area (Å²) in [5.74, 6) is -0.200. The molecule has 110 valence electrons. The van der Waals surface area contributed by atoms with Crippen LogP contribution in [0.1, 0.15) is 19.8 Å². The number of hydrogen-bond donors (Lipinski definition) is 1. The van der Waals surface area contributed by atoms with E-state index in [1.54, 1.807) is 0 Å². The van der Waals surface area contributed by atoms with Crippen LogP contribution in [0.15, 0.2) is 23.1 Å². The maximum atomic E-state index is 12.4. The van der Waals surface area contributed by atoms with Crippen molar-refractivity contribution in [2.45, 2.75) is 30.7 Å². The number of rotatable bonds is 5. The first-order valence-electron chi connectivity index (χ1n) is 6.20. The summed E-state index contributed by atoms with van der Waals surface area (Å²) in [6.07, 6.45) is 1.99. The number of nitro groups is 1. The van der Waals surface area contributed by atoms with Crippen molar-refractivity contribution in [1.82, 2.24) is 4.31 Å². The Hall–Kier alpha value is -1.67. The van der Waals surface area contributed by atoms with E-state index < -0.39 is 26.4 Å². The number of hydrogen-bond acceptors (Lipinski definition) is 5. The lowest BCUT2D eigenvalue weighted by atomic mass is 10.2. The van der Waals surface area contributed by atoms with Crippen LogP contribution in [-0.2, 0) is 10.0 Å². The van der Waals surface area contributed by atoms with E-state index in [1.165, 1.54) is 17.4 Å². The molecule has 2 rings (SSSR count). The lowest BCUT2D eigenvalue weighted by Crippen LogP contribution is -2.36. The molecule has 7 nitrogen and oxygen atoms in total. The molecule has 1 aromatic carbocycles. The summed E-state index contributed by atoms with van der Waals surface area (Å²) in [6, 6.07) is 2.95. The second-order valence-corrected chi connectivity index (χ2v) is 7.00. The molecule has 0 bridgehead atoms.